The highest BCUT2D eigenvalue weighted by molar-refractivity contribution is 6.01. The topological polar surface area (TPSA) is 26.3 Å². The number of rotatable bonds is 2. The lowest BCUT2D eigenvalue weighted by Crippen LogP contribution is -2.24. The molecule has 2 aromatic carbocycles. The molecule has 2 heteroatoms. The highest BCUT2D eigenvalue weighted by Gasteiger charge is 2.21. The highest BCUT2D eigenvalue weighted by Crippen LogP contribution is 2.26. The van der Waals surface area contributed by atoms with Crippen molar-refractivity contribution in [3.63, 3.8) is 0 Å². The van der Waals surface area contributed by atoms with Crippen LogP contribution in [-0.2, 0) is 4.74 Å². The summed E-state index contributed by atoms with van der Waals surface area (Å²) in [6.07, 6.45) is 0. The van der Waals surface area contributed by atoms with Gasteiger partial charge >= 0.3 is 5.97 Å². The summed E-state index contributed by atoms with van der Waals surface area (Å²) >= 11 is 0. The summed E-state index contributed by atoms with van der Waals surface area (Å²) in [5.74, 6) is -0.304. The van der Waals surface area contributed by atoms with Crippen molar-refractivity contribution >= 4 is 22.3 Å². The first-order valence-corrected chi connectivity index (χ1v) is 6.70. The number of fused-ring (bicyclic) bond motifs is 1. The molecule has 0 atom stereocenters. The molecule has 0 aliphatic rings. The molecular weight excluding hydrogens is 248 g/mol. The van der Waals surface area contributed by atoms with Crippen molar-refractivity contribution in [2.75, 3.05) is 0 Å². The fraction of sp³-hybridized carbons (Fsp3) is 0.278. The van der Waals surface area contributed by atoms with Crippen LogP contribution in [0.15, 0.2) is 43.0 Å². The lowest BCUT2D eigenvalue weighted by atomic mass is 9.97. The zero-order chi connectivity index (χ0) is 14.9. The summed E-state index contributed by atoms with van der Waals surface area (Å²) < 4.78 is 5.48. The molecule has 0 bridgehead atoms. The predicted octanol–water partition coefficient (Wildman–Crippen LogP) is 4.83. The van der Waals surface area contributed by atoms with Gasteiger partial charge in [-0.1, -0.05) is 36.4 Å². The standard InChI is InChI=1S/C18H20O2/c1-12(2)15-10-13-8-6-7-9-14(13)11-16(15)17(19)20-18(3,4)5/h6-11H,1H2,2-5H3. The predicted molar refractivity (Wildman–Crippen MR) is 83.8 cm³/mol. The molecule has 0 radical (unpaired) electrons. The van der Waals surface area contributed by atoms with Gasteiger partial charge in [0, 0.05) is 0 Å². The van der Waals surface area contributed by atoms with E-state index in [1.54, 1.807) is 0 Å². The van der Waals surface area contributed by atoms with Crippen molar-refractivity contribution < 1.29 is 9.53 Å². The quantitative estimate of drug-likeness (QED) is 0.729. The Morgan fingerprint density at radius 1 is 1.05 bits per heavy atom. The van der Waals surface area contributed by atoms with Crippen LogP contribution >= 0.6 is 0 Å². The molecule has 0 amide bonds. The third-order valence-electron chi connectivity index (χ3n) is 2.96. The van der Waals surface area contributed by atoms with E-state index in [0.717, 1.165) is 21.9 Å². The number of hydrogen-bond donors (Lipinski definition) is 0. The first kappa shape index (κ1) is 14.3. The number of carbonyl (C=O) groups is 1. The monoisotopic (exact) mass is 268 g/mol. The molecule has 0 aliphatic heterocycles. The minimum atomic E-state index is -0.505. The molecule has 2 aromatic rings. The molecule has 0 saturated carbocycles. The molecule has 0 spiro atoms. The molecule has 0 aliphatic carbocycles. The maximum atomic E-state index is 12.4. The van der Waals surface area contributed by atoms with Crippen LogP contribution in [0, 0.1) is 0 Å². The zero-order valence-corrected chi connectivity index (χ0v) is 12.5. The van der Waals surface area contributed by atoms with Crippen molar-refractivity contribution in [3.8, 4) is 0 Å². The number of esters is 1. The summed E-state index contributed by atoms with van der Waals surface area (Å²) in [5, 5.41) is 2.12. The van der Waals surface area contributed by atoms with E-state index >= 15 is 0 Å². The number of ether oxygens (including phenoxy) is 1. The Balaban J connectivity index is 2.58. The van der Waals surface area contributed by atoms with Crippen LogP contribution in [0.4, 0.5) is 0 Å². The summed E-state index contributed by atoms with van der Waals surface area (Å²) in [4.78, 5) is 12.4. The van der Waals surface area contributed by atoms with Crippen LogP contribution in [-0.4, -0.2) is 11.6 Å². The Labute approximate surface area is 120 Å². The summed E-state index contributed by atoms with van der Waals surface area (Å²) in [6, 6.07) is 11.8. The van der Waals surface area contributed by atoms with Gasteiger partial charge < -0.3 is 4.74 Å². The fourth-order valence-corrected chi connectivity index (χ4v) is 2.10. The van der Waals surface area contributed by atoms with Crippen LogP contribution in [0.5, 0.6) is 0 Å². The molecule has 0 N–H and O–H groups in total. The largest absolute Gasteiger partial charge is 0.456 e. The van der Waals surface area contributed by atoms with Gasteiger partial charge in [-0.3, -0.25) is 0 Å². The molecule has 2 rings (SSSR count). The average molecular weight is 268 g/mol. The molecule has 0 unspecified atom stereocenters. The van der Waals surface area contributed by atoms with Gasteiger partial charge in [-0.15, -0.1) is 0 Å². The van der Waals surface area contributed by atoms with Gasteiger partial charge in [0.1, 0.15) is 5.60 Å². The second kappa shape index (κ2) is 5.12. The van der Waals surface area contributed by atoms with Crippen LogP contribution < -0.4 is 0 Å². The van der Waals surface area contributed by atoms with E-state index in [-0.39, 0.29) is 5.97 Å². The first-order chi connectivity index (χ1) is 9.28. The second-order valence-corrected chi connectivity index (χ2v) is 6.03. The fourth-order valence-electron chi connectivity index (χ4n) is 2.10. The first-order valence-electron chi connectivity index (χ1n) is 6.70. The maximum absolute atomic E-state index is 12.4. The van der Waals surface area contributed by atoms with Crippen LogP contribution in [0.3, 0.4) is 0 Å². The van der Waals surface area contributed by atoms with E-state index in [1.807, 2.05) is 64.1 Å². The summed E-state index contributed by atoms with van der Waals surface area (Å²) in [6.45, 7) is 11.5. The van der Waals surface area contributed by atoms with E-state index in [4.69, 9.17) is 4.74 Å². The van der Waals surface area contributed by atoms with Gasteiger partial charge in [-0.05, 0) is 56.2 Å². The number of benzene rings is 2. The summed E-state index contributed by atoms with van der Waals surface area (Å²) in [7, 11) is 0. The van der Waals surface area contributed by atoms with Crippen LogP contribution in [0.1, 0.15) is 43.6 Å². The Morgan fingerprint density at radius 2 is 1.55 bits per heavy atom. The minimum absolute atomic E-state index is 0.304. The molecule has 0 saturated heterocycles. The third-order valence-corrected chi connectivity index (χ3v) is 2.96. The Bertz CT molecular complexity index is 675. The normalized spacial score (nSPS) is 11.4. The van der Waals surface area contributed by atoms with Gasteiger partial charge in [0.25, 0.3) is 0 Å². The molecule has 20 heavy (non-hydrogen) atoms. The number of allylic oxidation sites excluding steroid dienone is 1. The number of carbonyl (C=O) groups excluding carboxylic acids is 1. The smallest absolute Gasteiger partial charge is 0.339 e. The van der Waals surface area contributed by atoms with Crippen LogP contribution in [0.2, 0.25) is 0 Å². The lowest BCUT2D eigenvalue weighted by Gasteiger charge is -2.21. The summed E-state index contributed by atoms with van der Waals surface area (Å²) in [5.41, 5.74) is 1.77. The van der Waals surface area contributed by atoms with Gasteiger partial charge in [-0.2, -0.15) is 0 Å². The molecule has 0 aromatic heterocycles. The molecule has 0 heterocycles. The van der Waals surface area contributed by atoms with Gasteiger partial charge in [0.2, 0.25) is 0 Å². The lowest BCUT2D eigenvalue weighted by molar-refractivity contribution is 0.00694. The van der Waals surface area contributed by atoms with Gasteiger partial charge in [-0.25, -0.2) is 4.79 Å². The van der Waals surface area contributed by atoms with Crippen molar-refractivity contribution in [3.05, 3.63) is 54.1 Å². The van der Waals surface area contributed by atoms with Crippen molar-refractivity contribution in [1.29, 1.82) is 0 Å². The Hall–Kier alpha value is -2.09. The SMILES string of the molecule is C=C(C)c1cc2ccccc2cc1C(=O)OC(C)(C)C. The van der Waals surface area contributed by atoms with E-state index in [1.165, 1.54) is 0 Å². The number of hydrogen-bond acceptors (Lipinski definition) is 2. The molecule has 104 valence electrons. The minimum Gasteiger partial charge on any atom is -0.456 e. The van der Waals surface area contributed by atoms with Crippen molar-refractivity contribution in [2.45, 2.75) is 33.3 Å². The average Bonchev–Trinajstić information content (AvgIpc) is 2.35. The highest BCUT2D eigenvalue weighted by atomic mass is 16.6. The van der Waals surface area contributed by atoms with Gasteiger partial charge in [0.05, 0.1) is 5.56 Å². The van der Waals surface area contributed by atoms with E-state index in [0.29, 0.717) is 5.56 Å². The van der Waals surface area contributed by atoms with E-state index < -0.39 is 5.60 Å². The molecular formula is C18H20O2. The van der Waals surface area contributed by atoms with E-state index in [9.17, 15) is 4.79 Å². The molecule has 0 fully saturated rings. The van der Waals surface area contributed by atoms with Crippen molar-refractivity contribution in [1.82, 2.24) is 0 Å². The van der Waals surface area contributed by atoms with Crippen molar-refractivity contribution in [2.24, 2.45) is 0 Å². The Morgan fingerprint density at radius 3 is 2.00 bits per heavy atom. The third kappa shape index (κ3) is 3.08. The van der Waals surface area contributed by atoms with E-state index in [2.05, 4.69) is 6.58 Å². The second-order valence-electron chi connectivity index (χ2n) is 6.03. The Kier molecular flexibility index (Phi) is 3.67. The maximum Gasteiger partial charge on any atom is 0.339 e. The van der Waals surface area contributed by atoms with Crippen LogP contribution in [0.25, 0.3) is 16.3 Å². The zero-order valence-electron chi connectivity index (χ0n) is 12.5. The molecule has 2 nitrogen and oxygen atoms in total. The van der Waals surface area contributed by atoms with Gasteiger partial charge in [0.15, 0.2) is 0 Å².